The minimum Gasteiger partial charge on any atom is -0.497 e. The van der Waals surface area contributed by atoms with Crippen LogP contribution in [0, 0.1) is 0 Å². The van der Waals surface area contributed by atoms with Crippen molar-refractivity contribution in [3.8, 4) is 17.1 Å². The van der Waals surface area contributed by atoms with Crippen molar-refractivity contribution in [2.75, 3.05) is 20.7 Å². The maximum Gasteiger partial charge on any atom is 0.317 e. The van der Waals surface area contributed by atoms with Crippen molar-refractivity contribution >= 4 is 6.03 Å². The van der Waals surface area contributed by atoms with E-state index in [0.29, 0.717) is 18.3 Å². The third kappa shape index (κ3) is 3.63. The van der Waals surface area contributed by atoms with Gasteiger partial charge in [0.1, 0.15) is 12.3 Å². The van der Waals surface area contributed by atoms with Crippen molar-refractivity contribution in [2.24, 2.45) is 0 Å². The number of amides is 2. The molecule has 2 rings (SSSR count). The van der Waals surface area contributed by atoms with Crippen LogP contribution in [0.25, 0.3) is 11.4 Å². The summed E-state index contributed by atoms with van der Waals surface area (Å²) in [5.41, 5.74) is 0.811. The molecule has 2 aromatic rings. The molecule has 7 heteroatoms. The van der Waals surface area contributed by atoms with Crippen molar-refractivity contribution in [3.05, 3.63) is 42.8 Å². The summed E-state index contributed by atoms with van der Waals surface area (Å²) in [6.07, 6.45) is 1.63. The molecule has 0 saturated heterocycles. The van der Waals surface area contributed by atoms with Crippen LogP contribution in [0.4, 0.5) is 4.79 Å². The molecule has 7 nitrogen and oxygen atoms in total. The minimum atomic E-state index is -0.232. The molecule has 0 atom stereocenters. The number of methoxy groups -OCH3 is 1. The summed E-state index contributed by atoms with van der Waals surface area (Å²) >= 11 is 0. The van der Waals surface area contributed by atoms with E-state index in [0.717, 1.165) is 11.3 Å². The van der Waals surface area contributed by atoms with E-state index in [1.165, 1.54) is 4.90 Å². The van der Waals surface area contributed by atoms with Crippen molar-refractivity contribution in [3.63, 3.8) is 0 Å². The second kappa shape index (κ2) is 7.26. The lowest BCUT2D eigenvalue weighted by molar-refractivity contribution is 0.195. The van der Waals surface area contributed by atoms with Gasteiger partial charge in [0.05, 0.1) is 7.11 Å². The van der Waals surface area contributed by atoms with Crippen LogP contribution in [-0.4, -0.2) is 41.8 Å². The molecule has 0 aliphatic heterocycles. The fourth-order valence-corrected chi connectivity index (χ4v) is 1.87. The third-order valence-corrected chi connectivity index (χ3v) is 2.99. The van der Waals surface area contributed by atoms with Crippen molar-refractivity contribution in [1.82, 2.24) is 20.4 Å². The highest BCUT2D eigenvalue weighted by molar-refractivity contribution is 5.73. The number of hydrogen-bond acceptors (Lipinski definition) is 5. The van der Waals surface area contributed by atoms with Gasteiger partial charge in [0.25, 0.3) is 0 Å². The average Bonchev–Trinajstić information content (AvgIpc) is 3.02. The maximum absolute atomic E-state index is 11.7. The van der Waals surface area contributed by atoms with Crippen LogP contribution in [0.2, 0.25) is 0 Å². The molecule has 0 fully saturated rings. The van der Waals surface area contributed by atoms with E-state index < -0.39 is 0 Å². The fourth-order valence-electron chi connectivity index (χ4n) is 1.87. The lowest BCUT2D eigenvalue weighted by atomic mass is 10.2. The molecule has 2 amide bonds. The molecule has 0 unspecified atom stereocenters. The van der Waals surface area contributed by atoms with Crippen molar-refractivity contribution in [1.29, 1.82) is 0 Å². The van der Waals surface area contributed by atoms with Gasteiger partial charge >= 0.3 is 6.03 Å². The quantitative estimate of drug-likeness (QED) is 0.826. The average molecular weight is 302 g/mol. The van der Waals surface area contributed by atoms with E-state index >= 15 is 0 Å². The highest BCUT2D eigenvalue weighted by atomic mass is 16.5. The summed E-state index contributed by atoms with van der Waals surface area (Å²) in [7, 11) is 3.17. The number of aromatic nitrogens is 2. The van der Waals surface area contributed by atoms with Crippen LogP contribution in [-0.2, 0) is 6.54 Å². The normalized spacial score (nSPS) is 10.1. The molecule has 0 saturated carbocycles. The Morgan fingerprint density at radius 3 is 2.77 bits per heavy atom. The van der Waals surface area contributed by atoms with E-state index in [4.69, 9.17) is 9.26 Å². The van der Waals surface area contributed by atoms with Gasteiger partial charge in [-0.3, -0.25) is 0 Å². The summed E-state index contributed by atoms with van der Waals surface area (Å²) < 4.78 is 10.3. The second-order valence-electron chi connectivity index (χ2n) is 4.46. The standard InChI is InChI=1S/C15H18N4O3/c1-4-9-19(15(20)16-2)10-13-17-14(18-22-13)11-5-7-12(21-3)8-6-11/h4-8H,1,9-10H2,2-3H3,(H,16,20). The van der Waals surface area contributed by atoms with Gasteiger partial charge in [0.15, 0.2) is 0 Å². The van der Waals surface area contributed by atoms with E-state index in [-0.39, 0.29) is 12.6 Å². The minimum absolute atomic E-state index is 0.217. The first-order valence-corrected chi connectivity index (χ1v) is 6.72. The number of carbonyl (C=O) groups is 1. The van der Waals surface area contributed by atoms with Gasteiger partial charge in [-0.05, 0) is 24.3 Å². The third-order valence-electron chi connectivity index (χ3n) is 2.99. The predicted octanol–water partition coefficient (Wildman–Crippen LogP) is 2.07. The van der Waals surface area contributed by atoms with Crippen LogP contribution in [0.3, 0.4) is 0 Å². The van der Waals surface area contributed by atoms with Gasteiger partial charge in [0, 0.05) is 19.2 Å². The number of ether oxygens (including phenoxy) is 1. The number of hydrogen-bond donors (Lipinski definition) is 1. The van der Waals surface area contributed by atoms with Gasteiger partial charge in [0.2, 0.25) is 11.7 Å². The molecule has 22 heavy (non-hydrogen) atoms. The number of nitrogens with zero attached hydrogens (tertiary/aromatic N) is 3. The molecule has 1 aromatic carbocycles. The first-order chi connectivity index (χ1) is 10.7. The number of nitrogens with one attached hydrogen (secondary N) is 1. The van der Waals surface area contributed by atoms with Crippen molar-refractivity contribution in [2.45, 2.75) is 6.54 Å². The molecular weight excluding hydrogens is 284 g/mol. The molecule has 0 bridgehead atoms. The molecule has 0 radical (unpaired) electrons. The largest absolute Gasteiger partial charge is 0.497 e. The Balaban J connectivity index is 2.12. The van der Waals surface area contributed by atoms with Gasteiger partial charge in [-0.15, -0.1) is 6.58 Å². The van der Waals surface area contributed by atoms with E-state index in [2.05, 4.69) is 22.0 Å². The summed E-state index contributed by atoms with van der Waals surface area (Å²) in [6.45, 7) is 4.23. The lowest BCUT2D eigenvalue weighted by Gasteiger charge is -2.17. The summed E-state index contributed by atoms with van der Waals surface area (Å²) in [4.78, 5) is 17.5. The highest BCUT2D eigenvalue weighted by Gasteiger charge is 2.16. The Bertz CT molecular complexity index is 636. The van der Waals surface area contributed by atoms with Gasteiger partial charge in [-0.1, -0.05) is 11.2 Å². The maximum atomic E-state index is 11.7. The Labute approximate surface area is 128 Å². The van der Waals surface area contributed by atoms with Crippen molar-refractivity contribution < 1.29 is 14.1 Å². The SMILES string of the molecule is C=CCN(Cc1nc(-c2ccc(OC)cc2)no1)C(=O)NC. The Morgan fingerprint density at radius 2 is 2.18 bits per heavy atom. The Morgan fingerprint density at radius 1 is 1.45 bits per heavy atom. The molecule has 0 aliphatic rings. The van der Waals surface area contributed by atoms with E-state index in [9.17, 15) is 4.79 Å². The monoisotopic (exact) mass is 302 g/mol. The second-order valence-corrected chi connectivity index (χ2v) is 4.46. The molecule has 0 spiro atoms. The molecule has 1 N–H and O–H groups in total. The smallest absolute Gasteiger partial charge is 0.317 e. The van der Waals surface area contributed by atoms with Crippen LogP contribution in [0.5, 0.6) is 5.75 Å². The number of rotatable bonds is 6. The first kappa shape index (κ1) is 15.6. The van der Waals surface area contributed by atoms with Crippen LogP contribution >= 0.6 is 0 Å². The Hall–Kier alpha value is -2.83. The summed E-state index contributed by atoms with van der Waals surface area (Å²) in [6, 6.07) is 7.09. The van der Waals surface area contributed by atoms with Crippen LogP contribution in [0.15, 0.2) is 41.4 Å². The zero-order valence-corrected chi connectivity index (χ0v) is 12.6. The lowest BCUT2D eigenvalue weighted by Crippen LogP contribution is -2.37. The summed E-state index contributed by atoms with van der Waals surface area (Å²) in [5, 5.41) is 6.49. The fraction of sp³-hybridized carbons (Fsp3) is 0.267. The van der Waals surface area contributed by atoms with E-state index in [1.807, 2.05) is 24.3 Å². The molecule has 116 valence electrons. The predicted molar refractivity (Wildman–Crippen MR) is 81.3 cm³/mol. The van der Waals surface area contributed by atoms with Gasteiger partial charge in [-0.2, -0.15) is 4.98 Å². The zero-order chi connectivity index (χ0) is 15.9. The van der Waals surface area contributed by atoms with Crippen LogP contribution in [0.1, 0.15) is 5.89 Å². The number of benzene rings is 1. The number of carbonyl (C=O) groups excluding carboxylic acids is 1. The molecular formula is C15H18N4O3. The van der Waals surface area contributed by atoms with E-state index in [1.54, 1.807) is 20.2 Å². The highest BCUT2D eigenvalue weighted by Crippen LogP contribution is 2.20. The topological polar surface area (TPSA) is 80.5 Å². The molecule has 1 heterocycles. The number of urea groups is 1. The van der Waals surface area contributed by atoms with Gasteiger partial charge < -0.3 is 19.5 Å². The first-order valence-electron chi connectivity index (χ1n) is 6.72. The zero-order valence-electron chi connectivity index (χ0n) is 12.6. The van der Waals surface area contributed by atoms with Gasteiger partial charge in [-0.25, -0.2) is 4.79 Å². The van der Waals surface area contributed by atoms with Crippen LogP contribution < -0.4 is 10.1 Å². The molecule has 1 aromatic heterocycles. The summed E-state index contributed by atoms with van der Waals surface area (Å²) in [5.74, 6) is 1.58. The molecule has 0 aliphatic carbocycles. The Kier molecular flexibility index (Phi) is 5.13.